The normalized spacial score (nSPS) is 16.3. The van der Waals surface area contributed by atoms with E-state index < -0.39 is 12.1 Å². The van der Waals surface area contributed by atoms with E-state index in [1.807, 2.05) is 6.92 Å². The van der Waals surface area contributed by atoms with Gasteiger partial charge in [-0.05, 0) is 55.7 Å². The lowest BCUT2D eigenvalue weighted by molar-refractivity contribution is 0.0694. The van der Waals surface area contributed by atoms with Crippen LogP contribution >= 0.6 is 11.3 Å². The van der Waals surface area contributed by atoms with E-state index in [1.165, 1.54) is 23.7 Å². The molecule has 0 spiro atoms. The van der Waals surface area contributed by atoms with Gasteiger partial charge >= 0.3 is 12.1 Å². The van der Waals surface area contributed by atoms with Crippen LogP contribution in [0.2, 0.25) is 0 Å². The Kier molecular flexibility index (Phi) is 6.55. The first-order valence-corrected chi connectivity index (χ1v) is 12.5. The molecular formula is C25H25N3O7S. The van der Waals surface area contributed by atoms with Gasteiger partial charge < -0.3 is 34.2 Å². The number of thiophene rings is 1. The minimum Gasteiger partial charge on any atom is -0.490 e. The number of anilines is 1. The third-order valence-corrected chi connectivity index (χ3v) is 7.03. The third-order valence-electron chi connectivity index (χ3n) is 5.89. The number of hydrogen-bond donors (Lipinski definition) is 2. The van der Waals surface area contributed by atoms with E-state index in [0.717, 1.165) is 21.0 Å². The number of ether oxygens (including phenoxy) is 3. The molecule has 4 heterocycles. The lowest BCUT2D eigenvalue weighted by Gasteiger charge is -2.28. The van der Waals surface area contributed by atoms with Gasteiger partial charge in [0.15, 0.2) is 11.5 Å². The number of fused-ring (bicyclic) bond motifs is 3. The molecule has 0 saturated heterocycles. The van der Waals surface area contributed by atoms with Crippen LogP contribution in [0.4, 0.5) is 9.80 Å². The number of hydrogen-bond acceptors (Lipinski definition) is 9. The Morgan fingerprint density at radius 3 is 2.78 bits per heavy atom. The van der Waals surface area contributed by atoms with Gasteiger partial charge in [-0.3, -0.25) is 4.79 Å². The van der Waals surface area contributed by atoms with Crippen LogP contribution in [0.1, 0.15) is 56.9 Å². The summed E-state index contributed by atoms with van der Waals surface area (Å²) in [7, 11) is 0. The molecule has 11 heteroatoms. The number of benzene rings is 1. The van der Waals surface area contributed by atoms with E-state index in [9.17, 15) is 14.4 Å². The summed E-state index contributed by atoms with van der Waals surface area (Å²) >= 11 is 1.47. The number of nitrogens with one attached hydrogen (secondary N) is 2. The van der Waals surface area contributed by atoms with Crippen molar-refractivity contribution in [2.45, 2.75) is 33.0 Å². The fourth-order valence-corrected chi connectivity index (χ4v) is 5.54. The third kappa shape index (κ3) is 4.49. The van der Waals surface area contributed by atoms with Crippen molar-refractivity contribution in [1.82, 2.24) is 10.2 Å². The molecule has 3 aromatic rings. The summed E-state index contributed by atoms with van der Waals surface area (Å²) in [6, 6.07) is 8.23. The number of furan rings is 1. The monoisotopic (exact) mass is 511 g/mol. The highest BCUT2D eigenvalue weighted by Crippen LogP contribution is 2.41. The summed E-state index contributed by atoms with van der Waals surface area (Å²) in [6.45, 7) is 5.19. The van der Waals surface area contributed by atoms with Crippen LogP contribution in [0, 0.1) is 0 Å². The summed E-state index contributed by atoms with van der Waals surface area (Å²) in [5.74, 6) is -0.119. The van der Waals surface area contributed by atoms with E-state index in [2.05, 4.69) is 10.6 Å². The van der Waals surface area contributed by atoms with Crippen molar-refractivity contribution in [2.75, 3.05) is 25.1 Å². The second-order valence-electron chi connectivity index (χ2n) is 8.14. The maximum atomic E-state index is 13.1. The average molecular weight is 512 g/mol. The molecule has 2 N–H and O–H groups in total. The molecule has 5 rings (SSSR count). The number of amides is 2. The van der Waals surface area contributed by atoms with Crippen LogP contribution in [0.5, 0.6) is 11.5 Å². The van der Waals surface area contributed by atoms with Gasteiger partial charge in [0.25, 0.3) is 5.91 Å². The fourth-order valence-electron chi connectivity index (χ4n) is 4.25. The van der Waals surface area contributed by atoms with Crippen LogP contribution in [-0.2, 0) is 17.7 Å². The van der Waals surface area contributed by atoms with Gasteiger partial charge in [0, 0.05) is 11.4 Å². The van der Waals surface area contributed by atoms with E-state index >= 15 is 0 Å². The van der Waals surface area contributed by atoms with Gasteiger partial charge in [-0.25, -0.2) is 9.59 Å². The fraction of sp³-hybridized carbons (Fsp3) is 0.320. The topological polar surface area (TPSA) is 119 Å². The highest BCUT2D eigenvalue weighted by molar-refractivity contribution is 7.16. The van der Waals surface area contributed by atoms with Crippen molar-refractivity contribution in [1.29, 1.82) is 0 Å². The van der Waals surface area contributed by atoms with Crippen LogP contribution in [0.15, 0.2) is 41.0 Å². The molecule has 0 fully saturated rings. The summed E-state index contributed by atoms with van der Waals surface area (Å²) in [4.78, 5) is 40.2. The van der Waals surface area contributed by atoms with Crippen molar-refractivity contribution >= 4 is 34.3 Å². The maximum Gasteiger partial charge on any atom is 0.410 e. The molecule has 2 amide bonds. The Labute approximate surface area is 211 Å². The number of rotatable bonds is 6. The first kappa shape index (κ1) is 23.7. The second kappa shape index (κ2) is 9.94. The van der Waals surface area contributed by atoms with Crippen LogP contribution in [0.25, 0.3) is 0 Å². The summed E-state index contributed by atoms with van der Waals surface area (Å²) < 4.78 is 21.4. The summed E-state index contributed by atoms with van der Waals surface area (Å²) in [5, 5.41) is 7.16. The molecule has 2 aliphatic heterocycles. The zero-order chi connectivity index (χ0) is 25.2. The average Bonchev–Trinajstić information content (AvgIpc) is 3.53. The Bertz CT molecular complexity index is 1300. The molecule has 2 aliphatic rings. The van der Waals surface area contributed by atoms with E-state index in [4.69, 9.17) is 18.6 Å². The lowest BCUT2D eigenvalue weighted by Crippen LogP contribution is -2.39. The van der Waals surface area contributed by atoms with E-state index in [1.54, 1.807) is 36.1 Å². The zero-order valence-corrected chi connectivity index (χ0v) is 20.6. The van der Waals surface area contributed by atoms with Crippen LogP contribution in [-0.4, -0.2) is 42.6 Å². The van der Waals surface area contributed by atoms with Gasteiger partial charge in [0.05, 0.1) is 31.6 Å². The smallest absolute Gasteiger partial charge is 0.410 e. The summed E-state index contributed by atoms with van der Waals surface area (Å²) in [5.41, 5.74) is 2.33. The van der Waals surface area contributed by atoms with Gasteiger partial charge in [-0.1, -0.05) is 6.07 Å². The number of esters is 1. The molecule has 2 aromatic heterocycles. The maximum absolute atomic E-state index is 13.1. The Balaban J connectivity index is 1.37. The van der Waals surface area contributed by atoms with Crippen LogP contribution in [0.3, 0.4) is 0 Å². The molecular weight excluding hydrogens is 486 g/mol. The standard InChI is InChI=1S/C25H25N3O7S/c1-3-32-18-12-14(7-8-16(18)35-24(30)17-6-5-11-34-17)21-26-22(29)20-15-9-10-28(25(31)33-4-2)13-19(15)36-23(20)27-21/h5-8,11-12,21,27H,3-4,9-10,13H2,1-2H3,(H,26,29)/t21-/m0/s1. The van der Waals surface area contributed by atoms with Crippen molar-refractivity contribution in [3.05, 3.63) is 63.9 Å². The van der Waals surface area contributed by atoms with Gasteiger partial charge in [-0.2, -0.15) is 0 Å². The number of carbonyl (C=O) groups is 3. The summed E-state index contributed by atoms with van der Waals surface area (Å²) in [6.07, 6.45) is 1.12. The number of nitrogens with zero attached hydrogens (tertiary/aromatic N) is 1. The van der Waals surface area contributed by atoms with E-state index in [-0.39, 0.29) is 23.5 Å². The molecule has 1 atom stereocenters. The van der Waals surface area contributed by atoms with Crippen molar-refractivity contribution in [3.63, 3.8) is 0 Å². The van der Waals surface area contributed by atoms with E-state index in [0.29, 0.717) is 44.0 Å². The molecule has 36 heavy (non-hydrogen) atoms. The zero-order valence-electron chi connectivity index (χ0n) is 19.8. The Morgan fingerprint density at radius 2 is 2.03 bits per heavy atom. The molecule has 10 nitrogen and oxygen atoms in total. The minimum absolute atomic E-state index is 0.0819. The molecule has 0 bridgehead atoms. The molecule has 1 aromatic carbocycles. The molecule has 188 valence electrons. The van der Waals surface area contributed by atoms with Crippen LogP contribution < -0.4 is 20.1 Å². The van der Waals surface area contributed by atoms with Gasteiger partial charge in [0.1, 0.15) is 11.2 Å². The predicted octanol–water partition coefficient (Wildman–Crippen LogP) is 4.33. The Morgan fingerprint density at radius 1 is 1.17 bits per heavy atom. The molecule has 0 radical (unpaired) electrons. The Hall–Kier alpha value is -3.99. The predicted molar refractivity (Wildman–Crippen MR) is 131 cm³/mol. The second-order valence-corrected chi connectivity index (χ2v) is 9.24. The highest BCUT2D eigenvalue weighted by atomic mass is 32.1. The highest BCUT2D eigenvalue weighted by Gasteiger charge is 2.34. The minimum atomic E-state index is -0.636. The first-order valence-electron chi connectivity index (χ1n) is 11.6. The van der Waals surface area contributed by atoms with Crippen molar-refractivity contribution < 1.29 is 33.0 Å². The first-order chi connectivity index (χ1) is 17.5. The van der Waals surface area contributed by atoms with Crippen molar-refractivity contribution in [3.8, 4) is 11.5 Å². The van der Waals surface area contributed by atoms with Gasteiger partial charge in [-0.15, -0.1) is 11.3 Å². The quantitative estimate of drug-likeness (QED) is 0.371. The van der Waals surface area contributed by atoms with Gasteiger partial charge in [0.2, 0.25) is 5.76 Å². The van der Waals surface area contributed by atoms with Crippen molar-refractivity contribution in [2.24, 2.45) is 0 Å². The molecule has 0 aliphatic carbocycles. The number of carbonyl (C=O) groups excluding carboxylic acids is 3. The SMILES string of the molecule is CCOC(=O)N1CCc2c(sc3c2C(=O)N[C@H](c2ccc(OC(=O)c4ccco4)c(OCC)c2)N3)C1. The molecule has 0 unspecified atom stereocenters. The lowest BCUT2D eigenvalue weighted by atomic mass is 10.0. The largest absolute Gasteiger partial charge is 0.490 e. The molecule has 0 saturated carbocycles.